The molecule has 0 aliphatic carbocycles. The zero-order valence-electron chi connectivity index (χ0n) is 9.51. The van der Waals surface area contributed by atoms with E-state index in [-0.39, 0.29) is 0 Å². The average molecular weight is 213 g/mol. The van der Waals surface area contributed by atoms with Gasteiger partial charge < -0.3 is 5.32 Å². The Morgan fingerprint density at radius 1 is 1.57 bits per heavy atom. The predicted octanol–water partition coefficient (Wildman–Crippen LogP) is 3.22. The van der Waals surface area contributed by atoms with E-state index in [4.69, 9.17) is 0 Å². The van der Waals surface area contributed by atoms with Crippen LogP contribution in [-0.4, -0.2) is 24.1 Å². The van der Waals surface area contributed by atoms with Crippen LogP contribution in [0.1, 0.15) is 39.0 Å². The van der Waals surface area contributed by atoms with Crippen LogP contribution in [0.4, 0.5) is 0 Å². The Morgan fingerprint density at radius 3 is 2.86 bits per heavy atom. The van der Waals surface area contributed by atoms with Crippen molar-refractivity contribution in [3.05, 3.63) is 12.2 Å². The summed E-state index contributed by atoms with van der Waals surface area (Å²) < 4.78 is 0. The molecule has 1 aliphatic rings. The molecule has 14 heavy (non-hydrogen) atoms. The Hall–Kier alpha value is 0.0500. The molecule has 82 valence electrons. The maximum atomic E-state index is 4.11. The van der Waals surface area contributed by atoms with Gasteiger partial charge in [-0.25, -0.2) is 0 Å². The summed E-state index contributed by atoms with van der Waals surface area (Å²) in [7, 11) is 2.09. The van der Waals surface area contributed by atoms with Crippen LogP contribution in [0, 0.1) is 0 Å². The van der Waals surface area contributed by atoms with Gasteiger partial charge in [-0.05, 0) is 38.5 Å². The smallest absolute Gasteiger partial charge is 0.0220 e. The molecular weight excluding hydrogens is 190 g/mol. The topological polar surface area (TPSA) is 12.0 Å². The van der Waals surface area contributed by atoms with Crippen molar-refractivity contribution in [2.75, 3.05) is 12.8 Å². The minimum Gasteiger partial charge on any atom is -0.316 e. The standard InChI is InChI=1S/C12H23NS/c1-4-10(2)9-11(13-3)12-7-5-6-8-14-12/h11-13H,2,4-9H2,1,3H3. The van der Waals surface area contributed by atoms with Crippen molar-refractivity contribution in [1.29, 1.82) is 0 Å². The van der Waals surface area contributed by atoms with Crippen LogP contribution >= 0.6 is 11.8 Å². The summed E-state index contributed by atoms with van der Waals surface area (Å²) in [4.78, 5) is 0. The van der Waals surface area contributed by atoms with Crippen LogP contribution in [0.3, 0.4) is 0 Å². The molecule has 2 atom stereocenters. The molecule has 1 saturated heterocycles. The molecule has 1 heterocycles. The monoisotopic (exact) mass is 213 g/mol. The lowest BCUT2D eigenvalue weighted by atomic mass is 9.99. The lowest BCUT2D eigenvalue weighted by Gasteiger charge is -2.30. The third-order valence-corrected chi connectivity index (χ3v) is 4.56. The summed E-state index contributed by atoms with van der Waals surface area (Å²) in [6, 6.07) is 0.646. The van der Waals surface area contributed by atoms with Crippen molar-refractivity contribution in [2.45, 2.75) is 50.3 Å². The summed E-state index contributed by atoms with van der Waals surface area (Å²) in [5.41, 5.74) is 1.38. The van der Waals surface area contributed by atoms with Gasteiger partial charge in [0.2, 0.25) is 0 Å². The maximum Gasteiger partial charge on any atom is 0.0220 e. The molecular formula is C12H23NS. The first-order chi connectivity index (χ1) is 6.77. The minimum absolute atomic E-state index is 0.646. The quantitative estimate of drug-likeness (QED) is 0.704. The van der Waals surface area contributed by atoms with Crippen molar-refractivity contribution in [2.24, 2.45) is 0 Å². The Balaban J connectivity index is 2.39. The summed E-state index contributed by atoms with van der Waals surface area (Å²) in [5.74, 6) is 1.35. The van der Waals surface area contributed by atoms with E-state index in [1.54, 1.807) is 0 Å². The number of rotatable bonds is 5. The van der Waals surface area contributed by atoms with Crippen molar-refractivity contribution in [1.82, 2.24) is 5.32 Å². The number of hydrogen-bond donors (Lipinski definition) is 1. The largest absolute Gasteiger partial charge is 0.316 e. The second kappa shape index (κ2) is 6.52. The van der Waals surface area contributed by atoms with Crippen molar-refractivity contribution < 1.29 is 0 Å². The minimum atomic E-state index is 0.646. The first-order valence-corrected chi connectivity index (χ1v) is 6.78. The van der Waals surface area contributed by atoms with Gasteiger partial charge in [-0.2, -0.15) is 11.8 Å². The first kappa shape index (κ1) is 12.1. The molecule has 0 spiro atoms. The van der Waals surface area contributed by atoms with E-state index in [1.807, 2.05) is 0 Å². The molecule has 0 aromatic carbocycles. The zero-order valence-corrected chi connectivity index (χ0v) is 10.3. The van der Waals surface area contributed by atoms with Gasteiger partial charge in [0.1, 0.15) is 0 Å². The molecule has 1 fully saturated rings. The summed E-state index contributed by atoms with van der Waals surface area (Å²) in [6.07, 6.45) is 6.48. The van der Waals surface area contributed by atoms with E-state index < -0.39 is 0 Å². The Morgan fingerprint density at radius 2 is 2.36 bits per heavy atom. The SMILES string of the molecule is C=C(CC)CC(NC)C1CCCCS1. The van der Waals surface area contributed by atoms with Gasteiger partial charge in [0, 0.05) is 11.3 Å². The second-order valence-corrected chi connectivity index (χ2v) is 5.45. The van der Waals surface area contributed by atoms with Crippen LogP contribution in [-0.2, 0) is 0 Å². The molecule has 0 saturated carbocycles. The molecule has 0 bridgehead atoms. The van der Waals surface area contributed by atoms with E-state index in [0.29, 0.717) is 6.04 Å². The van der Waals surface area contributed by atoms with Crippen LogP contribution in [0.25, 0.3) is 0 Å². The fourth-order valence-corrected chi connectivity index (χ4v) is 3.43. The van der Waals surface area contributed by atoms with E-state index >= 15 is 0 Å². The Bertz CT molecular complexity index is 173. The van der Waals surface area contributed by atoms with Crippen LogP contribution in [0.5, 0.6) is 0 Å². The normalized spacial score (nSPS) is 24.6. The molecule has 0 aromatic rings. The van der Waals surface area contributed by atoms with Gasteiger partial charge in [-0.15, -0.1) is 0 Å². The number of nitrogens with one attached hydrogen (secondary N) is 1. The van der Waals surface area contributed by atoms with Gasteiger partial charge in [-0.3, -0.25) is 0 Å². The lowest BCUT2D eigenvalue weighted by molar-refractivity contribution is 0.490. The highest BCUT2D eigenvalue weighted by Gasteiger charge is 2.22. The van der Waals surface area contributed by atoms with Gasteiger partial charge in [0.15, 0.2) is 0 Å². The average Bonchev–Trinajstić information content (AvgIpc) is 2.26. The van der Waals surface area contributed by atoms with E-state index in [9.17, 15) is 0 Å². The second-order valence-electron chi connectivity index (χ2n) is 4.11. The maximum absolute atomic E-state index is 4.11. The first-order valence-electron chi connectivity index (χ1n) is 5.73. The van der Waals surface area contributed by atoms with Crippen LogP contribution in [0.2, 0.25) is 0 Å². The molecule has 1 N–H and O–H groups in total. The Labute approximate surface area is 92.7 Å². The molecule has 0 aromatic heterocycles. The van der Waals surface area contributed by atoms with E-state index in [2.05, 4.69) is 37.6 Å². The molecule has 0 radical (unpaired) electrons. The molecule has 0 amide bonds. The fraction of sp³-hybridized carbons (Fsp3) is 0.833. The third-order valence-electron chi connectivity index (χ3n) is 3.04. The highest BCUT2D eigenvalue weighted by atomic mass is 32.2. The summed E-state index contributed by atoms with van der Waals surface area (Å²) in [5, 5.41) is 4.27. The van der Waals surface area contributed by atoms with Gasteiger partial charge in [0.05, 0.1) is 0 Å². The zero-order chi connectivity index (χ0) is 10.4. The van der Waals surface area contributed by atoms with Crippen molar-refractivity contribution >= 4 is 11.8 Å². The molecule has 2 heteroatoms. The van der Waals surface area contributed by atoms with E-state index in [1.165, 1.54) is 30.6 Å². The van der Waals surface area contributed by atoms with Gasteiger partial charge in [0.25, 0.3) is 0 Å². The third kappa shape index (κ3) is 3.66. The van der Waals surface area contributed by atoms with Crippen molar-refractivity contribution in [3.8, 4) is 0 Å². The molecule has 1 aliphatic heterocycles. The predicted molar refractivity (Wildman–Crippen MR) is 67.0 cm³/mol. The van der Waals surface area contributed by atoms with Crippen LogP contribution in [0.15, 0.2) is 12.2 Å². The lowest BCUT2D eigenvalue weighted by Crippen LogP contribution is -2.37. The Kier molecular flexibility index (Phi) is 5.64. The number of thioether (sulfide) groups is 1. The van der Waals surface area contributed by atoms with Crippen molar-refractivity contribution in [3.63, 3.8) is 0 Å². The van der Waals surface area contributed by atoms with Gasteiger partial charge in [-0.1, -0.05) is 25.5 Å². The van der Waals surface area contributed by atoms with Gasteiger partial charge >= 0.3 is 0 Å². The molecule has 1 nitrogen and oxygen atoms in total. The fourth-order valence-electron chi connectivity index (χ4n) is 1.96. The van der Waals surface area contributed by atoms with E-state index in [0.717, 1.165) is 18.1 Å². The molecule has 1 rings (SSSR count). The highest BCUT2D eigenvalue weighted by Crippen LogP contribution is 2.29. The summed E-state index contributed by atoms with van der Waals surface area (Å²) in [6.45, 7) is 6.30. The number of hydrogen-bond acceptors (Lipinski definition) is 2. The highest BCUT2D eigenvalue weighted by molar-refractivity contribution is 8.00. The van der Waals surface area contributed by atoms with Crippen LogP contribution < -0.4 is 5.32 Å². The summed E-state index contributed by atoms with van der Waals surface area (Å²) >= 11 is 2.14. The molecule has 2 unspecified atom stereocenters.